The summed E-state index contributed by atoms with van der Waals surface area (Å²) in [6.07, 6.45) is 1.33. The van der Waals surface area contributed by atoms with Gasteiger partial charge in [-0.2, -0.15) is 5.26 Å². The molecule has 0 aromatic heterocycles. The Morgan fingerprint density at radius 3 is 2.04 bits per heavy atom. The molecular formula is C18H15BrN4O2. The summed E-state index contributed by atoms with van der Waals surface area (Å²) in [7, 11) is 0. The Balaban J connectivity index is 2.01. The minimum atomic E-state index is -0.507. The maximum atomic E-state index is 12.1. The minimum Gasteiger partial charge on any atom is -0.360 e. The lowest BCUT2D eigenvalue weighted by molar-refractivity contribution is -0.114. The fourth-order valence-electron chi connectivity index (χ4n) is 1.89. The Kier molecular flexibility index (Phi) is 6.32. The number of halogens is 1. The van der Waals surface area contributed by atoms with E-state index in [0.717, 1.165) is 4.47 Å². The zero-order chi connectivity index (χ0) is 18.2. The predicted molar refractivity (Wildman–Crippen MR) is 101 cm³/mol. The molecule has 25 heavy (non-hydrogen) atoms. The molecule has 0 aliphatic heterocycles. The third-order valence-corrected chi connectivity index (χ3v) is 3.58. The molecule has 0 fully saturated rings. The summed E-state index contributed by atoms with van der Waals surface area (Å²) in [4.78, 5) is 23.1. The summed E-state index contributed by atoms with van der Waals surface area (Å²) < 4.78 is 0.894. The molecule has 0 saturated carbocycles. The molecule has 0 saturated heterocycles. The van der Waals surface area contributed by atoms with Gasteiger partial charge in [-0.1, -0.05) is 15.9 Å². The van der Waals surface area contributed by atoms with Crippen molar-refractivity contribution in [3.8, 4) is 6.07 Å². The van der Waals surface area contributed by atoms with Gasteiger partial charge in [0.05, 0.1) is 0 Å². The van der Waals surface area contributed by atoms with Crippen LogP contribution in [0.25, 0.3) is 0 Å². The second-order valence-corrected chi connectivity index (χ2v) is 5.95. The maximum absolute atomic E-state index is 12.1. The van der Waals surface area contributed by atoms with Crippen molar-refractivity contribution >= 4 is 44.8 Å². The first-order valence-corrected chi connectivity index (χ1v) is 8.08. The molecule has 7 heteroatoms. The average molecular weight is 399 g/mol. The average Bonchev–Trinajstić information content (AvgIpc) is 2.58. The summed E-state index contributed by atoms with van der Waals surface area (Å²) in [5, 5.41) is 17.4. The normalized spacial score (nSPS) is 10.5. The molecule has 3 N–H and O–H groups in total. The number of amides is 2. The van der Waals surface area contributed by atoms with Crippen LogP contribution in [0, 0.1) is 11.3 Å². The standard InChI is InChI=1S/C18H15BrN4O2/c1-12(24)22-16-8-6-15(7-9-16)21-11-13(10-20)18(25)23-17-4-2-14(19)3-5-17/h2-9,11,21H,1H3,(H,22,24)(H,23,25)/b13-11-. The number of hydrogen-bond acceptors (Lipinski definition) is 4. The lowest BCUT2D eigenvalue weighted by Crippen LogP contribution is -2.14. The highest BCUT2D eigenvalue weighted by atomic mass is 79.9. The summed E-state index contributed by atoms with van der Waals surface area (Å²) in [6, 6.07) is 15.8. The van der Waals surface area contributed by atoms with E-state index in [0.29, 0.717) is 17.1 Å². The molecule has 0 aliphatic carbocycles. The Morgan fingerprint density at radius 1 is 0.960 bits per heavy atom. The predicted octanol–water partition coefficient (Wildman–Crippen LogP) is 3.87. The van der Waals surface area contributed by atoms with Crippen molar-refractivity contribution in [3.63, 3.8) is 0 Å². The van der Waals surface area contributed by atoms with Crippen LogP contribution in [0.15, 0.2) is 64.8 Å². The van der Waals surface area contributed by atoms with Gasteiger partial charge >= 0.3 is 0 Å². The van der Waals surface area contributed by atoms with Crippen LogP contribution in [0.5, 0.6) is 0 Å². The second kappa shape index (κ2) is 8.66. The Hall–Kier alpha value is -3.11. The van der Waals surface area contributed by atoms with E-state index in [1.165, 1.54) is 13.1 Å². The zero-order valence-electron chi connectivity index (χ0n) is 13.3. The van der Waals surface area contributed by atoms with Crippen LogP contribution >= 0.6 is 15.9 Å². The molecule has 0 radical (unpaired) electrons. The van der Waals surface area contributed by atoms with Crippen LogP contribution in [0.4, 0.5) is 17.1 Å². The first kappa shape index (κ1) is 18.2. The maximum Gasteiger partial charge on any atom is 0.267 e. The van der Waals surface area contributed by atoms with Crippen molar-refractivity contribution in [2.75, 3.05) is 16.0 Å². The summed E-state index contributed by atoms with van der Waals surface area (Å²) >= 11 is 3.31. The van der Waals surface area contributed by atoms with Crippen molar-refractivity contribution in [1.29, 1.82) is 5.26 Å². The van der Waals surface area contributed by atoms with E-state index in [9.17, 15) is 9.59 Å². The van der Waals surface area contributed by atoms with E-state index in [1.54, 1.807) is 48.5 Å². The van der Waals surface area contributed by atoms with E-state index in [2.05, 4.69) is 31.9 Å². The monoisotopic (exact) mass is 398 g/mol. The van der Waals surface area contributed by atoms with Gasteiger partial charge in [-0.3, -0.25) is 9.59 Å². The number of hydrogen-bond donors (Lipinski definition) is 3. The minimum absolute atomic E-state index is 0.0612. The molecule has 0 heterocycles. The third-order valence-electron chi connectivity index (χ3n) is 3.06. The number of carbonyl (C=O) groups is 2. The van der Waals surface area contributed by atoms with Gasteiger partial charge in [0.25, 0.3) is 5.91 Å². The van der Waals surface area contributed by atoms with Crippen LogP contribution < -0.4 is 16.0 Å². The lowest BCUT2D eigenvalue weighted by atomic mass is 10.2. The molecule has 0 aliphatic rings. The van der Waals surface area contributed by atoms with Crippen LogP contribution in [-0.2, 0) is 9.59 Å². The number of benzene rings is 2. The fraction of sp³-hybridized carbons (Fsp3) is 0.0556. The van der Waals surface area contributed by atoms with Gasteiger partial charge < -0.3 is 16.0 Å². The van der Waals surface area contributed by atoms with E-state index < -0.39 is 5.91 Å². The molecule has 0 atom stereocenters. The van der Waals surface area contributed by atoms with Gasteiger partial charge in [0.1, 0.15) is 11.6 Å². The van der Waals surface area contributed by atoms with Crippen molar-refractivity contribution in [2.24, 2.45) is 0 Å². The van der Waals surface area contributed by atoms with Crippen molar-refractivity contribution < 1.29 is 9.59 Å². The highest BCUT2D eigenvalue weighted by Gasteiger charge is 2.09. The van der Waals surface area contributed by atoms with E-state index in [-0.39, 0.29) is 11.5 Å². The molecule has 0 unspecified atom stereocenters. The van der Waals surface area contributed by atoms with Gasteiger partial charge in [-0.25, -0.2) is 0 Å². The molecule has 0 spiro atoms. The fourth-order valence-corrected chi connectivity index (χ4v) is 2.15. The number of carbonyl (C=O) groups excluding carboxylic acids is 2. The number of rotatable bonds is 5. The molecule has 126 valence electrons. The van der Waals surface area contributed by atoms with Crippen molar-refractivity contribution in [1.82, 2.24) is 0 Å². The molecular weight excluding hydrogens is 384 g/mol. The number of nitrogens with zero attached hydrogens (tertiary/aromatic N) is 1. The van der Waals surface area contributed by atoms with Gasteiger partial charge in [-0.15, -0.1) is 0 Å². The number of anilines is 3. The number of nitriles is 1. The first-order valence-electron chi connectivity index (χ1n) is 7.29. The SMILES string of the molecule is CC(=O)Nc1ccc(N/C=C(/C#N)C(=O)Nc2ccc(Br)cc2)cc1. The quantitative estimate of drug-likeness (QED) is 0.526. The topological polar surface area (TPSA) is 94.0 Å². The van der Waals surface area contributed by atoms with Crippen LogP contribution in [0.2, 0.25) is 0 Å². The third kappa shape index (κ3) is 5.79. The summed E-state index contributed by atoms with van der Waals surface area (Å²) in [5.41, 5.74) is 1.87. The Morgan fingerprint density at radius 2 is 1.48 bits per heavy atom. The molecule has 2 aromatic carbocycles. The summed E-state index contributed by atoms with van der Waals surface area (Å²) in [5.74, 6) is -0.663. The van der Waals surface area contributed by atoms with Crippen LogP contribution in [0.1, 0.15) is 6.92 Å². The van der Waals surface area contributed by atoms with E-state index in [1.807, 2.05) is 6.07 Å². The van der Waals surface area contributed by atoms with Crippen LogP contribution in [-0.4, -0.2) is 11.8 Å². The van der Waals surface area contributed by atoms with Gasteiger partial charge in [0.15, 0.2) is 0 Å². The molecule has 2 amide bonds. The van der Waals surface area contributed by atoms with Gasteiger partial charge in [-0.05, 0) is 48.5 Å². The zero-order valence-corrected chi connectivity index (χ0v) is 14.9. The van der Waals surface area contributed by atoms with Crippen molar-refractivity contribution in [2.45, 2.75) is 6.92 Å². The largest absolute Gasteiger partial charge is 0.360 e. The number of nitrogens with one attached hydrogen (secondary N) is 3. The van der Waals surface area contributed by atoms with E-state index >= 15 is 0 Å². The lowest BCUT2D eigenvalue weighted by Gasteiger charge is -2.06. The second-order valence-electron chi connectivity index (χ2n) is 5.03. The molecule has 0 bridgehead atoms. The van der Waals surface area contributed by atoms with Crippen molar-refractivity contribution in [3.05, 3.63) is 64.8 Å². The molecule has 2 aromatic rings. The highest BCUT2D eigenvalue weighted by Crippen LogP contribution is 2.16. The van der Waals surface area contributed by atoms with E-state index in [4.69, 9.17) is 5.26 Å². The van der Waals surface area contributed by atoms with Gasteiger partial charge in [0, 0.05) is 34.7 Å². The van der Waals surface area contributed by atoms with Gasteiger partial charge in [0.2, 0.25) is 5.91 Å². The van der Waals surface area contributed by atoms with Crippen LogP contribution in [0.3, 0.4) is 0 Å². The summed E-state index contributed by atoms with van der Waals surface area (Å²) in [6.45, 7) is 1.43. The Labute approximate surface area is 153 Å². The molecule has 6 nitrogen and oxygen atoms in total. The Bertz CT molecular complexity index is 837. The first-order chi connectivity index (χ1) is 12.0. The highest BCUT2D eigenvalue weighted by molar-refractivity contribution is 9.10. The molecule has 2 rings (SSSR count). The smallest absolute Gasteiger partial charge is 0.267 e.